The molecule has 2 amide bonds. The topological polar surface area (TPSA) is 107 Å². The molecule has 10 heteroatoms. The Bertz CT molecular complexity index is 1450. The minimum absolute atomic E-state index is 0.0152. The van der Waals surface area contributed by atoms with Crippen molar-refractivity contribution in [2.75, 3.05) is 19.5 Å². The molecule has 180 valence electrons. The quantitative estimate of drug-likeness (QED) is 0.487. The number of amides is 2. The van der Waals surface area contributed by atoms with Gasteiger partial charge in [0.15, 0.2) is 11.5 Å². The molecular weight excluding hydrogens is 446 g/mol. The Hall–Kier alpha value is -3.95. The third-order valence-electron chi connectivity index (χ3n) is 7.76. The molecule has 2 fully saturated rings. The van der Waals surface area contributed by atoms with Crippen molar-refractivity contribution in [2.45, 2.75) is 50.1 Å². The highest BCUT2D eigenvalue weighted by Gasteiger charge is 2.45. The van der Waals surface area contributed by atoms with Crippen LogP contribution in [0.25, 0.3) is 16.6 Å². The minimum Gasteiger partial charge on any atom is -0.496 e. The molecule has 1 N–H and O–H groups in total. The third-order valence-corrected chi connectivity index (χ3v) is 7.76. The standard InChI is InChI=1S/C25H27N7O3/c1-30-23(33)7-10-25(30)8-5-17(6-9-25)31-15-16-12-18(20(35-2)13-19(16)29-31)24(34)28-22-14-26-21-4-3-11-27-32(21)22/h3-4,11-15,17H,5-10H2,1-2H3,(H,28,34)/t17-,25-. The van der Waals surface area contributed by atoms with Crippen molar-refractivity contribution in [1.82, 2.24) is 29.3 Å². The lowest BCUT2D eigenvalue weighted by Gasteiger charge is -2.42. The molecule has 6 rings (SSSR count). The first-order valence-electron chi connectivity index (χ1n) is 11.9. The molecule has 4 heterocycles. The van der Waals surface area contributed by atoms with Crippen molar-refractivity contribution in [3.63, 3.8) is 0 Å². The normalized spacial score (nSPS) is 22.4. The molecule has 1 saturated carbocycles. The molecule has 0 unspecified atom stereocenters. The Morgan fingerprint density at radius 2 is 2.06 bits per heavy atom. The number of anilines is 1. The first-order valence-corrected chi connectivity index (χ1v) is 11.9. The molecule has 4 aromatic rings. The monoisotopic (exact) mass is 473 g/mol. The average molecular weight is 474 g/mol. The van der Waals surface area contributed by atoms with E-state index in [-0.39, 0.29) is 23.4 Å². The second-order valence-electron chi connectivity index (χ2n) is 9.52. The van der Waals surface area contributed by atoms with Crippen molar-refractivity contribution < 1.29 is 14.3 Å². The predicted molar refractivity (Wildman–Crippen MR) is 129 cm³/mol. The molecular formula is C25H27N7O3. The maximum absolute atomic E-state index is 13.2. The molecule has 1 saturated heterocycles. The van der Waals surface area contributed by atoms with Crippen LogP contribution in [0, 0.1) is 0 Å². The predicted octanol–water partition coefficient (Wildman–Crippen LogP) is 3.45. The fourth-order valence-corrected chi connectivity index (χ4v) is 5.63. The highest BCUT2D eigenvalue weighted by atomic mass is 16.5. The molecule has 10 nitrogen and oxygen atoms in total. The molecule has 35 heavy (non-hydrogen) atoms. The van der Waals surface area contributed by atoms with Crippen LogP contribution in [0.1, 0.15) is 54.9 Å². The molecule has 0 atom stereocenters. The lowest BCUT2D eigenvalue weighted by atomic mass is 9.78. The van der Waals surface area contributed by atoms with Gasteiger partial charge in [-0.25, -0.2) is 4.98 Å². The van der Waals surface area contributed by atoms with Gasteiger partial charge in [0.2, 0.25) is 5.91 Å². The van der Waals surface area contributed by atoms with Gasteiger partial charge < -0.3 is 15.0 Å². The Morgan fingerprint density at radius 3 is 2.80 bits per heavy atom. The van der Waals surface area contributed by atoms with Gasteiger partial charge >= 0.3 is 0 Å². The first-order chi connectivity index (χ1) is 17.0. The van der Waals surface area contributed by atoms with Crippen LogP contribution in [-0.2, 0) is 4.79 Å². The van der Waals surface area contributed by atoms with Gasteiger partial charge in [-0.05, 0) is 50.3 Å². The van der Waals surface area contributed by atoms with Crippen LogP contribution in [0.5, 0.6) is 5.75 Å². The number of aromatic nitrogens is 5. The van der Waals surface area contributed by atoms with E-state index in [1.807, 2.05) is 35.0 Å². The van der Waals surface area contributed by atoms with E-state index in [2.05, 4.69) is 15.4 Å². The summed E-state index contributed by atoms with van der Waals surface area (Å²) in [7, 11) is 3.49. The Morgan fingerprint density at radius 1 is 1.23 bits per heavy atom. The number of imidazole rings is 1. The largest absolute Gasteiger partial charge is 0.496 e. The van der Waals surface area contributed by atoms with Crippen molar-refractivity contribution in [3.05, 3.63) is 48.4 Å². The Labute approximate surface area is 201 Å². The fraction of sp³-hybridized carbons (Fsp3) is 0.400. The molecule has 1 spiro atoms. The maximum atomic E-state index is 13.2. The van der Waals surface area contributed by atoms with Crippen molar-refractivity contribution >= 4 is 34.2 Å². The number of hydrogen-bond acceptors (Lipinski definition) is 6. The highest BCUT2D eigenvalue weighted by molar-refractivity contribution is 6.08. The van der Waals surface area contributed by atoms with Crippen LogP contribution in [0.4, 0.5) is 5.82 Å². The van der Waals surface area contributed by atoms with Crippen LogP contribution >= 0.6 is 0 Å². The van der Waals surface area contributed by atoms with Gasteiger partial charge in [-0.1, -0.05) is 0 Å². The lowest BCUT2D eigenvalue weighted by Crippen LogP contribution is -2.46. The van der Waals surface area contributed by atoms with Crippen molar-refractivity contribution in [2.24, 2.45) is 0 Å². The van der Waals surface area contributed by atoms with Gasteiger partial charge in [0.25, 0.3) is 5.91 Å². The summed E-state index contributed by atoms with van der Waals surface area (Å²) >= 11 is 0. The number of nitrogens with one attached hydrogen (secondary N) is 1. The van der Waals surface area contributed by atoms with Gasteiger partial charge in [0, 0.05) is 42.9 Å². The number of methoxy groups -OCH3 is 1. The van der Waals surface area contributed by atoms with Crippen molar-refractivity contribution in [1.29, 1.82) is 0 Å². The van der Waals surface area contributed by atoms with Crippen LogP contribution in [0.2, 0.25) is 0 Å². The number of rotatable bonds is 4. The van der Waals surface area contributed by atoms with Crippen LogP contribution in [0.3, 0.4) is 0 Å². The minimum atomic E-state index is -0.308. The van der Waals surface area contributed by atoms with E-state index < -0.39 is 0 Å². The average Bonchev–Trinajstić information content (AvgIpc) is 3.56. The fourth-order valence-electron chi connectivity index (χ4n) is 5.63. The number of nitrogens with zero attached hydrogens (tertiary/aromatic N) is 6. The summed E-state index contributed by atoms with van der Waals surface area (Å²) in [6, 6.07) is 7.50. The summed E-state index contributed by atoms with van der Waals surface area (Å²) in [6.45, 7) is 0. The molecule has 1 aliphatic heterocycles. The van der Waals surface area contributed by atoms with Crippen LogP contribution in [-0.4, -0.2) is 60.8 Å². The third kappa shape index (κ3) is 3.51. The van der Waals surface area contributed by atoms with E-state index in [1.54, 1.807) is 36.2 Å². The number of carbonyl (C=O) groups is 2. The summed E-state index contributed by atoms with van der Waals surface area (Å²) in [5.74, 6) is 0.883. The lowest BCUT2D eigenvalue weighted by molar-refractivity contribution is -0.130. The summed E-state index contributed by atoms with van der Waals surface area (Å²) < 4.78 is 9.13. The summed E-state index contributed by atoms with van der Waals surface area (Å²) in [5.41, 5.74) is 1.86. The van der Waals surface area contributed by atoms with Crippen LogP contribution < -0.4 is 10.1 Å². The van der Waals surface area contributed by atoms with E-state index in [0.29, 0.717) is 29.2 Å². The van der Waals surface area contributed by atoms with E-state index in [1.165, 1.54) is 0 Å². The summed E-state index contributed by atoms with van der Waals surface area (Å²) in [6.07, 6.45) is 10.7. The zero-order valence-electron chi connectivity index (χ0n) is 19.8. The molecule has 0 bridgehead atoms. The molecule has 1 aliphatic carbocycles. The first kappa shape index (κ1) is 21.6. The smallest absolute Gasteiger partial charge is 0.260 e. The maximum Gasteiger partial charge on any atom is 0.260 e. The number of carbonyl (C=O) groups excluding carboxylic acids is 2. The van der Waals surface area contributed by atoms with Crippen molar-refractivity contribution in [3.8, 4) is 5.75 Å². The highest BCUT2D eigenvalue weighted by Crippen LogP contribution is 2.44. The molecule has 3 aromatic heterocycles. The molecule has 0 radical (unpaired) electrons. The number of fused-ring (bicyclic) bond motifs is 2. The van der Waals surface area contributed by atoms with E-state index >= 15 is 0 Å². The number of benzene rings is 1. The second kappa shape index (κ2) is 8.07. The number of ether oxygens (including phenoxy) is 1. The second-order valence-corrected chi connectivity index (χ2v) is 9.52. The molecule has 1 aromatic carbocycles. The van der Waals surface area contributed by atoms with Gasteiger partial charge in [0.1, 0.15) is 5.75 Å². The van der Waals surface area contributed by atoms with Gasteiger partial charge in [0.05, 0.1) is 30.4 Å². The summed E-state index contributed by atoms with van der Waals surface area (Å²) in [4.78, 5) is 31.5. The van der Waals surface area contributed by atoms with Gasteiger partial charge in [-0.15, -0.1) is 0 Å². The zero-order chi connectivity index (χ0) is 24.2. The van der Waals surface area contributed by atoms with Crippen LogP contribution in [0.15, 0.2) is 42.9 Å². The van der Waals surface area contributed by atoms with E-state index in [9.17, 15) is 9.59 Å². The Kier molecular flexibility index (Phi) is 4.98. The summed E-state index contributed by atoms with van der Waals surface area (Å²) in [5, 5.41) is 12.8. The SMILES string of the molecule is COc1cc2nn([C@H]3CC[C@@]4(CCC(=O)N4C)CC3)cc2cc1C(=O)Nc1cnc2cccnn12. The number of hydrogen-bond donors (Lipinski definition) is 1. The zero-order valence-corrected chi connectivity index (χ0v) is 19.8. The van der Waals surface area contributed by atoms with Gasteiger partial charge in [-0.3, -0.25) is 14.3 Å². The van der Waals surface area contributed by atoms with E-state index in [4.69, 9.17) is 9.84 Å². The molecule has 2 aliphatic rings. The van der Waals surface area contributed by atoms with E-state index in [0.717, 1.165) is 43.0 Å². The Balaban J connectivity index is 1.25. The van der Waals surface area contributed by atoms with Gasteiger partial charge in [-0.2, -0.15) is 14.7 Å². The number of likely N-dealkylation sites (tertiary alicyclic amines) is 1.